The highest BCUT2D eigenvalue weighted by Crippen LogP contribution is 2.22. The fourth-order valence-electron chi connectivity index (χ4n) is 1.31. The third kappa shape index (κ3) is 2.28. The van der Waals surface area contributed by atoms with Crippen LogP contribution in [0.5, 0.6) is 5.75 Å². The zero-order chi connectivity index (χ0) is 11.4. The first-order chi connectivity index (χ1) is 7.13. The van der Waals surface area contributed by atoms with Gasteiger partial charge in [0.1, 0.15) is 11.8 Å². The van der Waals surface area contributed by atoms with Crippen molar-refractivity contribution in [3.05, 3.63) is 28.8 Å². The minimum atomic E-state index is -0.268. The molecule has 1 aromatic rings. The van der Waals surface area contributed by atoms with Gasteiger partial charge in [-0.1, -0.05) is 0 Å². The van der Waals surface area contributed by atoms with E-state index in [1.54, 1.807) is 13.0 Å². The Hall–Kier alpha value is -1.53. The molecule has 0 aliphatic heterocycles. The summed E-state index contributed by atoms with van der Waals surface area (Å²) in [6.07, 6.45) is 0. The lowest BCUT2D eigenvalue weighted by atomic mass is 10.00. The van der Waals surface area contributed by atoms with E-state index in [0.29, 0.717) is 22.4 Å². The molecule has 0 spiro atoms. The standard InChI is InChI=1S/C11H10ClNO2/c1-7-3-8(15-2)4-9(10(7)6-13)11(14)5-12/h3-4H,5H2,1-2H3. The number of hydrogen-bond donors (Lipinski definition) is 0. The molecule has 0 aromatic heterocycles. The highest BCUT2D eigenvalue weighted by atomic mass is 35.5. The van der Waals surface area contributed by atoms with Crippen LogP contribution in [0.2, 0.25) is 0 Å². The van der Waals surface area contributed by atoms with E-state index in [2.05, 4.69) is 0 Å². The van der Waals surface area contributed by atoms with Gasteiger partial charge in [0.25, 0.3) is 0 Å². The maximum absolute atomic E-state index is 11.5. The van der Waals surface area contributed by atoms with Crippen molar-refractivity contribution in [2.24, 2.45) is 0 Å². The molecule has 0 amide bonds. The Morgan fingerprint density at radius 2 is 2.27 bits per heavy atom. The molecule has 4 heteroatoms. The van der Waals surface area contributed by atoms with E-state index >= 15 is 0 Å². The number of aryl methyl sites for hydroxylation is 1. The van der Waals surface area contributed by atoms with E-state index in [1.165, 1.54) is 13.2 Å². The SMILES string of the molecule is COc1cc(C)c(C#N)c(C(=O)CCl)c1. The van der Waals surface area contributed by atoms with Crippen molar-refractivity contribution < 1.29 is 9.53 Å². The average molecular weight is 224 g/mol. The van der Waals surface area contributed by atoms with Gasteiger partial charge >= 0.3 is 0 Å². The maximum atomic E-state index is 11.5. The van der Waals surface area contributed by atoms with E-state index < -0.39 is 0 Å². The van der Waals surface area contributed by atoms with Gasteiger partial charge in [-0.3, -0.25) is 4.79 Å². The van der Waals surface area contributed by atoms with Gasteiger partial charge in [0.2, 0.25) is 0 Å². The number of Topliss-reactive ketones (excluding diaryl/α,β-unsaturated/α-hetero) is 1. The van der Waals surface area contributed by atoms with Crippen LogP contribution < -0.4 is 4.74 Å². The predicted molar refractivity (Wildman–Crippen MR) is 57.5 cm³/mol. The van der Waals surface area contributed by atoms with Crippen molar-refractivity contribution in [1.29, 1.82) is 5.26 Å². The summed E-state index contributed by atoms with van der Waals surface area (Å²) in [7, 11) is 1.51. The molecule has 0 radical (unpaired) electrons. The van der Waals surface area contributed by atoms with Gasteiger partial charge in [-0.05, 0) is 24.6 Å². The first-order valence-corrected chi connectivity index (χ1v) is 4.85. The Labute approximate surface area is 93.2 Å². The summed E-state index contributed by atoms with van der Waals surface area (Å²) in [5.41, 5.74) is 1.40. The number of nitriles is 1. The van der Waals surface area contributed by atoms with E-state index in [1.807, 2.05) is 6.07 Å². The second kappa shape index (κ2) is 4.81. The van der Waals surface area contributed by atoms with E-state index in [0.717, 1.165) is 0 Å². The maximum Gasteiger partial charge on any atom is 0.179 e. The zero-order valence-electron chi connectivity index (χ0n) is 8.50. The number of nitrogens with zero attached hydrogens (tertiary/aromatic N) is 1. The molecule has 0 fully saturated rings. The molecule has 0 aliphatic rings. The second-order valence-corrected chi connectivity index (χ2v) is 3.30. The van der Waals surface area contributed by atoms with Crippen LogP contribution in [-0.2, 0) is 0 Å². The summed E-state index contributed by atoms with van der Waals surface area (Å²) < 4.78 is 5.03. The Morgan fingerprint density at radius 1 is 1.60 bits per heavy atom. The molecular weight excluding hydrogens is 214 g/mol. The van der Waals surface area contributed by atoms with Crippen LogP contribution in [-0.4, -0.2) is 18.8 Å². The molecule has 0 atom stereocenters. The smallest absolute Gasteiger partial charge is 0.179 e. The average Bonchev–Trinajstić information content (AvgIpc) is 2.26. The normalized spacial score (nSPS) is 9.47. The number of carbonyl (C=O) groups is 1. The molecule has 0 saturated heterocycles. The lowest BCUT2D eigenvalue weighted by Gasteiger charge is -2.07. The number of halogens is 1. The largest absolute Gasteiger partial charge is 0.497 e. The Kier molecular flexibility index (Phi) is 3.70. The van der Waals surface area contributed by atoms with Crippen molar-refractivity contribution >= 4 is 17.4 Å². The van der Waals surface area contributed by atoms with E-state index in [4.69, 9.17) is 21.6 Å². The zero-order valence-corrected chi connectivity index (χ0v) is 9.26. The lowest BCUT2D eigenvalue weighted by molar-refractivity contribution is 0.102. The molecule has 0 saturated carbocycles. The van der Waals surface area contributed by atoms with Gasteiger partial charge < -0.3 is 4.74 Å². The fourth-order valence-corrected chi connectivity index (χ4v) is 1.46. The number of methoxy groups -OCH3 is 1. The van der Waals surface area contributed by atoms with E-state index in [-0.39, 0.29) is 11.7 Å². The van der Waals surface area contributed by atoms with Crippen LogP contribution in [0.1, 0.15) is 21.5 Å². The molecule has 0 aliphatic carbocycles. The molecule has 78 valence electrons. The molecule has 1 aromatic carbocycles. The molecule has 0 unspecified atom stereocenters. The van der Waals surface area contributed by atoms with Gasteiger partial charge in [0, 0.05) is 5.56 Å². The van der Waals surface area contributed by atoms with Crippen LogP contribution in [0.3, 0.4) is 0 Å². The molecule has 3 nitrogen and oxygen atoms in total. The number of benzene rings is 1. The minimum Gasteiger partial charge on any atom is -0.497 e. The quantitative estimate of drug-likeness (QED) is 0.584. The van der Waals surface area contributed by atoms with Crippen molar-refractivity contribution in [3.63, 3.8) is 0 Å². The molecule has 15 heavy (non-hydrogen) atoms. The number of ether oxygens (including phenoxy) is 1. The summed E-state index contributed by atoms with van der Waals surface area (Å²) in [6.45, 7) is 1.76. The summed E-state index contributed by atoms with van der Waals surface area (Å²) in [6, 6.07) is 5.25. The van der Waals surface area contributed by atoms with Gasteiger partial charge in [-0.15, -0.1) is 11.6 Å². The van der Waals surface area contributed by atoms with Gasteiger partial charge in [0.05, 0.1) is 18.6 Å². The summed E-state index contributed by atoms with van der Waals surface area (Å²) in [5, 5.41) is 8.92. The third-order valence-corrected chi connectivity index (χ3v) is 2.32. The Balaban J connectivity index is 3.40. The van der Waals surface area contributed by atoms with E-state index in [9.17, 15) is 4.79 Å². The van der Waals surface area contributed by atoms with Crippen LogP contribution >= 0.6 is 11.6 Å². The molecule has 0 bridgehead atoms. The highest BCUT2D eigenvalue weighted by molar-refractivity contribution is 6.30. The first kappa shape index (κ1) is 11.5. The van der Waals surface area contributed by atoms with Crippen LogP contribution in [0, 0.1) is 18.3 Å². The monoisotopic (exact) mass is 223 g/mol. The van der Waals surface area contributed by atoms with Crippen molar-refractivity contribution in [2.45, 2.75) is 6.92 Å². The highest BCUT2D eigenvalue weighted by Gasteiger charge is 2.14. The van der Waals surface area contributed by atoms with Gasteiger partial charge in [-0.2, -0.15) is 5.26 Å². The number of carbonyl (C=O) groups excluding carboxylic acids is 1. The van der Waals surface area contributed by atoms with Crippen LogP contribution in [0.15, 0.2) is 12.1 Å². The van der Waals surface area contributed by atoms with Crippen molar-refractivity contribution in [1.82, 2.24) is 0 Å². The molecular formula is C11H10ClNO2. The van der Waals surface area contributed by atoms with Crippen LogP contribution in [0.25, 0.3) is 0 Å². The number of hydrogen-bond acceptors (Lipinski definition) is 3. The number of ketones is 1. The third-order valence-electron chi connectivity index (χ3n) is 2.08. The predicted octanol–water partition coefficient (Wildman–Crippen LogP) is 2.30. The van der Waals surface area contributed by atoms with Crippen LogP contribution in [0.4, 0.5) is 0 Å². The Bertz CT molecular complexity index is 435. The van der Waals surface area contributed by atoms with Gasteiger partial charge in [-0.25, -0.2) is 0 Å². The first-order valence-electron chi connectivity index (χ1n) is 4.32. The molecule has 0 heterocycles. The lowest BCUT2D eigenvalue weighted by Crippen LogP contribution is -2.05. The molecule has 0 N–H and O–H groups in total. The second-order valence-electron chi connectivity index (χ2n) is 3.04. The fraction of sp³-hybridized carbons (Fsp3) is 0.273. The Morgan fingerprint density at radius 3 is 2.73 bits per heavy atom. The summed E-state index contributed by atoms with van der Waals surface area (Å²) in [4.78, 5) is 11.5. The van der Waals surface area contributed by atoms with Gasteiger partial charge in [0.15, 0.2) is 5.78 Å². The summed E-state index contributed by atoms with van der Waals surface area (Å²) in [5.74, 6) is 0.150. The number of rotatable bonds is 3. The van der Waals surface area contributed by atoms with Crippen molar-refractivity contribution in [2.75, 3.05) is 13.0 Å². The number of alkyl halides is 1. The topological polar surface area (TPSA) is 50.1 Å². The minimum absolute atomic E-state index is 0.138. The molecule has 1 rings (SSSR count). The van der Waals surface area contributed by atoms with Crippen molar-refractivity contribution in [3.8, 4) is 11.8 Å². The summed E-state index contributed by atoms with van der Waals surface area (Å²) >= 11 is 5.46.